The van der Waals surface area contributed by atoms with Crippen molar-refractivity contribution < 1.29 is 4.74 Å². The van der Waals surface area contributed by atoms with E-state index in [9.17, 15) is 0 Å². The zero-order chi connectivity index (χ0) is 18.0. The van der Waals surface area contributed by atoms with Gasteiger partial charge in [-0.05, 0) is 71.7 Å². The first kappa shape index (κ1) is 17.8. The number of para-hydroxylation sites is 1. The number of likely N-dealkylation sites (tertiary alicyclic amines) is 1. The molecule has 1 aliphatic rings. The summed E-state index contributed by atoms with van der Waals surface area (Å²) < 4.78 is 7.81. The summed E-state index contributed by atoms with van der Waals surface area (Å²) in [5.74, 6) is 1.88. The van der Waals surface area contributed by atoms with Crippen molar-refractivity contribution in [2.75, 3.05) is 25.4 Å². The molecule has 1 aromatic carbocycles. The van der Waals surface area contributed by atoms with E-state index in [4.69, 9.17) is 10.5 Å². The highest BCUT2D eigenvalue weighted by molar-refractivity contribution is 5.51. The fraction of sp³-hybridized carbons (Fsp3) is 0.550. The molecule has 1 aliphatic heterocycles. The highest BCUT2D eigenvalue weighted by Crippen LogP contribution is 2.28. The van der Waals surface area contributed by atoms with E-state index in [0.29, 0.717) is 24.2 Å². The summed E-state index contributed by atoms with van der Waals surface area (Å²) in [5, 5.41) is 4.58. The Labute approximate surface area is 150 Å². The summed E-state index contributed by atoms with van der Waals surface area (Å²) in [6.45, 7) is 11.8. The molecule has 0 radical (unpaired) electrons. The first-order valence-electron chi connectivity index (χ1n) is 9.14. The van der Waals surface area contributed by atoms with Crippen molar-refractivity contribution in [3.05, 3.63) is 35.9 Å². The second-order valence-electron chi connectivity index (χ2n) is 7.97. The van der Waals surface area contributed by atoms with Crippen LogP contribution < -0.4 is 10.5 Å². The Hall–Kier alpha value is -2.01. The molecule has 0 amide bonds. The third kappa shape index (κ3) is 3.98. The average molecular weight is 342 g/mol. The Kier molecular flexibility index (Phi) is 5.04. The van der Waals surface area contributed by atoms with Crippen LogP contribution in [0.5, 0.6) is 5.88 Å². The molecule has 2 N–H and O–H groups in total. The van der Waals surface area contributed by atoms with Gasteiger partial charge in [0.15, 0.2) is 0 Å². The molecule has 2 aromatic rings. The predicted molar refractivity (Wildman–Crippen MR) is 102 cm³/mol. The standard InChI is InChI=1S/C20H30N4O/c1-15-18(21)24(17-8-6-5-7-9-17)22-19(15)25-14-16-10-12-23(13-11-16)20(2,3)4/h5-9,16H,10-14,21H2,1-4H3. The van der Waals surface area contributed by atoms with Crippen LogP contribution in [0.25, 0.3) is 5.69 Å². The number of hydrogen-bond acceptors (Lipinski definition) is 4. The van der Waals surface area contributed by atoms with Gasteiger partial charge in [0.05, 0.1) is 17.9 Å². The van der Waals surface area contributed by atoms with Gasteiger partial charge in [-0.2, -0.15) is 0 Å². The number of benzene rings is 1. The largest absolute Gasteiger partial charge is 0.476 e. The monoisotopic (exact) mass is 342 g/mol. The van der Waals surface area contributed by atoms with Crippen LogP contribution in [0, 0.1) is 12.8 Å². The molecule has 0 aliphatic carbocycles. The normalized spacial score (nSPS) is 17.0. The smallest absolute Gasteiger partial charge is 0.238 e. The SMILES string of the molecule is Cc1c(OCC2CCN(C(C)(C)C)CC2)nn(-c2ccccc2)c1N. The number of anilines is 1. The predicted octanol–water partition coefficient (Wildman–Crippen LogP) is 3.65. The lowest BCUT2D eigenvalue weighted by molar-refractivity contribution is 0.0711. The molecule has 0 spiro atoms. The lowest BCUT2D eigenvalue weighted by Gasteiger charge is -2.40. The maximum absolute atomic E-state index is 6.22. The molecule has 5 heteroatoms. The molecule has 1 aromatic heterocycles. The second-order valence-corrected chi connectivity index (χ2v) is 7.97. The molecule has 0 unspecified atom stereocenters. The highest BCUT2D eigenvalue weighted by Gasteiger charge is 2.27. The summed E-state index contributed by atoms with van der Waals surface area (Å²) in [7, 11) is 0. The zero-order valence-electron chi connectivity index (χ0n) is 15.8. The van der Waals surface area contributed by atoms with Gasteiger partial charge in [-0.3, -0.25) is 4.90 Å². The van der Waals surface area contributed by atoms with E-state index in [1.165, 1.54) is 12.8 Å². The van der Waals surface area contributed by atoms with Crippen molar-refractivity contribution >= 4 is 5.82 Å². The summed E-state index contributed by atoms with van der Waals surface area (Å²) in [6, 6.07) is 9.94. The molecule has 3 rings (SSSR count). The van der Waals surface area contributed by atoms with E-state index in [2.05, 4.69) is 30.8 Å². The number of nitrogens with zero attached hydrogens (tertiary/aromatic N) is 3. The van der Waals surface area contributed by atoms with E-state index in [0.717, 1.165) is 24.3 Å². The number of rotatable bonds is 4. The van der Waals surface area contributed by atoms with Gasteiger partial charge in [0.1, 0.15) is 5.82 Å². The van der Waals surface area contributed by atoms with Gasteiger partial charge >= 0.3 is 0 Å². The van der Waals surface area contributed by atoms with Gasteiger partial charge in [0.2, 0.25) is 5.88 Å². The first-order valence-corrected chi connectivity index (χ1v) is 9.14. The van der Waals surface area contributed by atoms with E-state index in [-0.39, 0.29) is 5.54 Å². The minimum absolute atomic E-state index is 0.255. The molecule has 2 heterocycles. The number of hydrogen-bond donors (Lipinski definition) is 1. The van der Waals surface area contributed by atoms with Crippen LogP contribution in [-0.2, 0) is 0 Å². The van der Waals surface area contributed by atoms with Crippen molar-refractivity contribution in [1.82, 2.24) is 14.7 Å². The van der Waals surface area contributed by atoms with Gasteiger partial charge in [-0.1, -0.05) is 18.2 Å². The minimum atomic E-state index is 0.255. The summed E-state index contributed by atoms with van der Waals surface area (Å²) >= 11 is 0. The third-order valence-electron chi connectivity index (χ3n) is 5.14. The Bertz CT molecular complexity index is 694. The lowest BCUT2D eigenvalue weighted by Crippen LogP contribution is -2.46. The number of aromatic nitrogens is 2. The molecule has 0 atom stereocenters. The minimum Gasteiger partial charge on any atom is -0.476 e. The summed E-state index contributed by atoms with van der Waals surface area (Å²) in [4.78, 5) is 2.55. The Morgan fingerprint density at radius 2 is 1.80 bits per heavy atom. The van der Waals surface area contributed by atoms with Crippen molar-refractivity contribution in [3.8, 4) is 11.6 Å². The van der Waals surface area contributed by atoms with Crippen molar-refractivity contribution in [2.24, 2.45) is 5.92 Å². The van der Waals surface area contributed by atoms with Crippen LogP contribution in [0.1, 0.15) is 39.2 Å². The van der Waals surface area contributed by atoms with E-state index < -0.39 is 0 Å². The van der Waals surface area contributed by atoms with Gasteiger partial charge in [-0.15, -0.1) is 5.10 Å². The quantitative estimate of drug-likeness (QED) is 0.921. The maximum atomic E-state index is 6.22. The third-order valence-corrected chi connectivity index (χ3v) is 5.14. The number of piperidine rings is 1. The van der Waals surface area contributed by atoms with E-state index in [1.54, 1.807) is 4.68 Å². The van der Waals surface area contributed by atoms with Crippen molar-refractivity contribution in [1.29, 1.82) is 0 Å². The maximum Gasteiger partial charge on any atom is 0.238 e. The van der Waals surface area contributed by atoms with Gasteiger partial charge in [-0.25, -0.2) is 4.68 Å². The van der Waals surface area contributed by atoms with Gasteiger partial charge in [0, 0.05) is 5.54 Å². The van der Waals surface area contributed by atoms with Crippen LogP contribution in [0.2, 0.25) is 0 Å². The molecule has 0 bridgehead atoms. The van der Waals surface area contributed by atoms with Crippen LogP contribution in [0.3, 0.4) is 0 Å². The first-order chi connectivity index (χ1) is 11.9. The van der Waals surface area contributed by atoms with Crippen molar-refractivity contribution in [3.63, 3.8) is 0 Å². The lowest BCUT2D eigenvalue weighted by atomic mass is 9.94. The molecule has 5 nitrogen and oxygen atoms in total. The molecular weight excluding hydrogens is 312 g/mol. The Morgan fingerprint density at radius 1 is 1.16 bits per heavy atom. The highest BCUT2D eigenvalue weighted by atomic mass is 16.5. The van der Waals surface area contributed by atoms with Gasteiger partial charge in [0.25, 0.3) is 0 Å². The second kappa shape index (κ2) is 7.08. The fourth-order valence-electron chi connectivity index (χ4n) is 3.36. The van der Waals surface area contributed by atoms with E-state index >= 15 is 0 Å². The zero-order valence-corrected chi connectivity index (χ0v) is 15.8. The fourth-order valence-corrected chi connectivity index (χ4v) is 3.36. The summed E-state index contributed by atoms with van der Waals surface area (Å²) in [5.41, 5.74) is 8.35. The topological polar surface area (TPSA) is 56.3 Å². The molecule has 1 saturated heterocycles. The number of ether oxygens (including phenoxy) is 1. The van der Waals surface area contributed by atoms with Crippen LogP contribution in [0.15, 0.2) is 30.3 Å². The average Bonchev–Trinajstić information content (AvgIpc) is 2.89. The molecule has 0 saturated carbocycles. The van der Waals surface area contributed by atoms with Crippen molar-refractivity contribution in [2.45, 2.75) is 46.1 Å². The van der Waals surface area contributed by atoms with E-state index in [1.807, 2.05) is 37.3 Å². The Morgan fingerprint density at radius 3 is 2.40 bits per heavy atom. The Balaban J connectivity index is 1.61. The summed E-state index contributed by atoms with van der Waals surface area (Å²) in [6.07, 6.45) is 2.34. The molecular formula is C20H30N4O. The number of nitrogen functional groups attached to an aromatic ring is 1. The van der Waals surface area contributed by atoms with Crippen LogP contribution >= 0.6 is 0 Å². The molecule has 136 valence electrons. The van der Waals surface area contributed by atoms with Crippen LogP contribution in [0.4, 0.5) is 5.82 Å². The van der Waals surface area contributed by atoms with Gasteiger partial charge < -0.3 is 10.5 Å². The molecule has 25 heavy (non-hydrogen) atoms. The van der Waals surface area contributed by atoms with Crippen LogP contribution in [-0.4, -0.2) is 39.9 Å². The number of nitrogens with two attached hydrogens (primary N) is 1. The molecule has 1 fully saturated rings.